The fraction of sp³-hybridized carbons (Fsp3) is 1.00. The van der Waals surface area contributed by atoms with Crippen LogP contribution in [0.15, 0.2) is 0 Å². The van der Waals surface area contributed by atoms with Gasteiger partial charge in [0.2, 0.25) is 0 Å². The summed E-state index contributed by atoms with van der Waals surface area (Å²) in [6, 6.07) is 0. The Hall–Kier alpha value is -0.210. The predicted octanol–water partition coefficient (Wildman–Crippen LogP) is -0.344. The van der Waals surface area contributed by atoms with E-state index in [2.05, 4.69) is 0 Å². The highest BCUT2D eigenvalue weighted by molar-refractivity contribution is 7.86. The van der Waals surface area contributed by atoms with Gasteiger partial charge in [-0.25, -0.2) is 0 Å². The second kappa shape index (κ2) is 5.62. The minimum atomic E-state index is -3.48. The van der Waals surface area contributed by atoms with Gasteiger partial charge in [-0.15, -0.1) is 0 Å². The molecule has 0 aromatic rings. The van der Waals surface area contributed by atoms with E-state index in [1.54, 1.807) is 20.8 Å². The van der Waals surface area contributed by atoms with E-state index in [1.165, 1.54) is 8.61 Å². The maximum atomic E-state index is 12.3. The zero-order chi connectivity index (χ0) is 13.1. The summed E-state index contributed by atoms with van der Waals surface area (Å²) in [5.41, 5.74) is -1.03. The fourth-order valence-electron chi connectivity index (χ4n) is 1.73. The minimum absolute atomic E-state index is 0.100. The Morgan fingerprint density at radius 2 is 1.88 bits per heavy atom. The molecule has 0 saturated carbocycles. The molecule has 0 aliphatic carbocycles. The highest BCUT2D eigenvalue weighted by Crippen LogP contribution is 2.14. The third-order valence-electron chi connectivity index (χ3n) is 2.54. The molecule has 0 bridgehead atoms. The van der Waals surface area contributed by atoms with Crippen LogP contribution in [0.4, 0.5) is 0 Å². The highest BCUT2D eigenvalue weighted by Gasteiger charge is 2.32. The smallest absolute Gasteiger partial charge is 0.282 e. The van der Waals surface area contributed by atoms with Crippen LogP contribution in [0.2, 0.25) is 0 Å². The van der Waals surface area contributed by atoms with Crippen LogP contribution in [0.3, 0.4) is 0 Å². The monoisotopic (exact) mass is 266 g/mol. The number of morpholine rings is 1. The van der Waals surface area contributed by atoms with Gasteiger partial charge in [-0.2, -0.15) is 17.0 Å². The van der Waals surface area contributed by atoms with Gasteiger partial charge in [0.15, 0.2) is 0 Å². The SMILES string of the molecule is CCN(CC(C)(C)O)S(=O)(=O)N1CCOCC1. The number of ether oxygens (including phenoxy) is 1. The lowest BCUT2D eigenvalue weighted by Crippen LogP contribution is -2.51. The maximum Gasteiger partial charge on any atom is 0.282 e. The van der Waals surface area contributed by atoms with Gasteiger partial charge >= 0.3 is 0 Å². The molecular formula is C10H22N2O4S. The van der Waals surface area contributed by atoms with Crippen LogP contribution in [-0.2, 0) is 14.9 Å². The molecule has 1 N–H and O–H groups in total. The molecule has 17 heavy (non-hydrogen) atoms. The Kier molecular flexibility index (Phi) is 4.91. The van der Waals surface area contributed by atoms with Crippen molar-refractivity contribution in [1.82, 2.24) is 8.61 Å². The lowest BCUT2D eigenvalue weighted by Gasteiger charge is -2.34. The number of nitrogens with zero attached hydrogens (tertiary/aromatic N) is 2. The Bertz CT molecular complexity index is 331. The van der Waals surface area contributed by atoms with Crippen LogP contribution < -0.4 is 0 Å². The first-order valence-electron chi connectivity index (χ1n) is 5.83. The zero-order valence-electron chi connectivity index (χ0n) is 10.7. The van der Waals surface area contributed by atoms with Gasteiger partial charge in [0.1, 0.15) is 0 Å². The fourth-order valence-corrected chi connectivity index (χ4v) is 3.47. The van der Waals surface area contributed by atoms with Gasteiger partial charge in [0.25, 0.3) is 10.2 Å². The molecule has 7 heteroatoms. The van der Waals surface area contributed by atoms with E-state index in [4.69, 9.17) is 4.74 Å². The normalized spacial score (nSPS) is 19.8. The molecule has 1 aliphatic rings. The average Bonchev–Trinajstić information content (AvgIpc) is 2.25. The van der Waals surface area contributed by atoms with E-state index >= 15 is 0 Å². The summed E-state index contributed by atoms with van der Waals surface area (Å²) in [6.45, 7) is 7.04. The van der Waals surface area contributed by atoms with E-state index < -0.39 is 15.8 Å². The number of rotatable bonds is 5. The van der Waals surface area contributed by atoms with E-state index in [0.717, 1.165) is 0 Å². The molecule has 1 rings (SSSR count). The Morgan fingerprint density at radius 1 is 1.35 bits per heavy atom. The molecule has 0 unspecified atom stereocenters. The summed E-state index contributed by atoms with van der Waals surface area (Å²) in [7, 11) is -3.48. The second-order valence-electron chi connectivity index (χ2n) is 4.76. The van der Waals surface area contributed by atoms with Crippen molar-refractivity contribution in [3.8, 4) is 0 Å². The molecule has 1 fully saturated rings. The molecule has 0 aromatic heterocycles. The van der Waals surface area contributed by atoms with Crippen molar-refractivity contribution in [2.24, 2.45) is 0 Å². The maximum absolute atomic E-state index is 12.3. The Labute approximate surface area is 103 Å². The summed E-state index contributed by atoms with van der Waals surface area (Å²) in [6.07, 6.45) is 0. The zero-order valence-corrected chi connectivity index (χ0v) is 11.5. The quantitative estimate of drug-likeness (QED) is 0.739. The van der Waals surface area contributed by atoms with Crippen molar-refractivity contribution < 1.29 is 18.3 Å². The third-order valence-corrected chi connectivity index (χ3v) is 4.60. The van der Waals surface area contributed by atoms with Crippen molar-refractivity contribution in [1.29, 1.82) is 0 Å². The molecule has 1 saturated heterocycles. The predicted molar refractivity (Wildman–Crippen MR) is 64.9 cm³/mol. The van der Waals surface area contributed by atoms with Crippen LogP contribution in [0.5, 0.6) is 0 Å². The number of likely N-dealkylation sites (N-methyl/N-ethyl adjacent to an activating group) is 1. The molecule has 0 atom stereocenters. The summed E-state index contributed by atoms with van der Waals surface area (Å²) in [5, 5.41) is 9.73. The molecule has 0 amide bonds. The van der Waals surface area contributed by atoms with Gasteiger partial charge in [-0.1, -0.05) is 6.92 Å². The van der Waals surface area contributed by atoms with Crippen molar-refractivity contribution in [2.75, 3.05) is 39.4 Å². The average molecular weight is 266 g/mol. The number of hydrogen-bond donors (Lipinski definition) is 1. The molecular weight excluding hydrogens is 244 g/mol. The van der Waals surface area contributed by atoms with Gasteiger partial charge in [0.05, 0.1) is 18.8 Å². The number of aliphatic hydroxyl groups is 1. The van der Waals surface area contributed by atoms with Crippen LogP contribution in [0.1, 0.15) is 20.8 Å². The molecule has 0 radical (unpaired) electrons. The summed E-state index contributed by atoms with van der Waals surface area (Å²) in [5.74, 6) is 0. The van der Waals surface area contributed by atoms with Gasteiger partial charge in [-0.3, -0.25) is 0 Å². The van der Waals surface area contributed by atoms with Gasteiger partial charge < -0.3 is 9.84 Å². The second-order valence-corrected chi connectivity index (χ2v) is 6.69. The van der Waals surface area contributed by atoms with E-state index in [1.807, 2.05) is 0 Å². The lowest BCUT2D eigenvalue weighted by molar-refractivity contribution is 0.0510. The molecule has 6 nitrogen and oxygen atoms in total. The molecule has 1 aliphatic heterocycles. The van der Waals surface area contributed by atoms with Gasteiger partial charge in [0, 0.05) is 26.2 Å². The number of hydrogen-bond acceptors (Lipinski definition) is 4. The van der Waals surface area contributed by atoms with Crippen molar-refractivity contribution >= 4 is 10.2 Å². The lowest BCUT2D eigenvalue weighted by atomic mass is 10.1. The largest absolute Gasteiger partial charge is 0.389 e. The summed E-state index contributed by atoms with van der Waals surface area (Å²) < 4.78 is 32.4. The molecule has 102 valence electrons. The summed E-state index contributed by atoms with van der Waals surface area (Å²) in [4.78, 5) is 0. The van der Waals surface area contributed by atoms with E-state index in [-0.39, 0.29) is 6.54 Å². The Morgan fingerprint density at radius 3 is 2.29 bits per heavy atom. The van der Waals surface area contributed by atoms with E-state index in [9.17, 15) is 13.5 Å². The standard InChI is InChI=1S/C10H22N2O4S/c1-4-11(9-10(2,3)13)17(14,15)12-5-7-16-8-6-12/h13H,4-9H2,1-3H3. The first kappa shape index (κ1) is 14.8. The van der Waals surface area contributed by atoms with Crippen LogP contribution >= 0.6 is 0 Å². The van der Waals surface area contributed by atoms with Gasteiger partial charge in [-0.05, 0) is 13.8 Å². The van der Waals surface area contributed by atoms with Crippen LogP contribution in [0.25, 0.3) is 0 Å². The topological polar surface area (TPSA) is 70.1 Å². The highest BCUT2D eigenvalue weighted by atomic mass is 32.2. The molecule has 0 spiro atoms. The van der Waals surface area contributed by atoms with Crippen molar-refractivity contribution in [3.05, 3.63) is 0 Å². The Balaban J connectivity index is 2.78. The molecule has 1 heterocycles. The van der Waals surface area contributed by atoms with E-state index in [0.29, 0.717) is 32.8 Å². The van der Waals surface area contributed by atoms with Crippen molar-refractivity contribution in [3.63, 3.8) is 0 Å². The summed E-state index contributed by atoms with van der Waals surface area (Å²) >= 11 is 0. The van der Waals surface area contributed by atoms with Crippen LogP contribution in [-0.4, -0.2) is 67.1 Å². The first-order chi connectivity index (χ1) is 7.77. The molecule has 0 aromatic carbocycles. The first-order valence-corrected chi connectivity index (χ1v) is 7.22. The van der Waals surface area contributed by atoms with Crippen molar-refractivity contribution in [2.45, 2.75) is 26.4 Å². The van der Waals surface area contributed by atoms with Crippen LogP contribution in [0, 0.1) is 0 Å². The third kappa shape index (κ3) is 4.18. The minimum Gasteiger partial charge on any atom is -0.389 e.